The third-order valence-corrected chi connectivity index (χ3v) is 2.05. The summed E-state index contributed by atoms with van der Waals surface area (Å²) in [5, 5.41) is 17.9. The fourth-order valence-electron chi connectivity index (χ4n) is 1.19. The average Bonchev–Trinajstić information content (AvgIpc) is 2.27. The molecule has 0 heterocycles. The van der Waals surface area contributed by atoms with E-state index < -0.39 is 11.9 Å². The number of phenols is 1. The van der Waals surface area contributed by atoms with Crippen molar-refractivity contribution in [2.24, 2.45) is 0 Å². The molecular weight excluding hydrogens is 194 g/mol. The molecule has 0 aliphatic carbocycles. The van der Waals surface area contributed by atoms with Gasteiger partial charge in [-0.05, 0) is 17.7 Å². The van der Waals surface area contributed by atoms with E-state index in [9.17, 15) is 4.79 Å². The van der Waals surface area contributed by atoms with Crippen molar-refractivity contribution in [3.8, 4) is 11.8 Å². The van der Waals surface area contributed by atoms with Crippen molar-refractivity contribution in [3.05, 3.63) is 29.8 Å². The molecule has 0 amide bonds. The van der Waals surface area contributed by atoms with Gasteiger partial charge < -0.3 is 9.84 Å². The van der Waals surface area contributed by atoms with Crippen LogP contribution in [0.4, 0.5) is 0 Å². The highest BCUT2D eigenvalue weighted by atomic mass is 16.5. The summed E-state index contributed by atoms with van der Waals surface area (Å²) in [7, 11) is 1.29. The number of phenolic OH excluding ortho intramolecular Hbond substituents is 1. The zero-order valence-electron chi connectivity index (χ0n) is 8.30. The molecule has 4 nitrogen and oxygen atoms in total. The molecule has 0 aromatic heterocycles. The summed E-state index contributed by atoms with van der Waals surface area (Å²) in [6.07, 6.45) is 0.0256. The first-order valence-corrected chi connectivity index (χ1v) is 4.42. The van der Waals surface area contributed by atoms with Gasteiger partial charge in [0.1, 0.15) is 5.75 Å². The summed E-state index contributed by atoms with van der Waals surface area (Å²) in [5.74, 6) is -0.818. The Balaban J connectivity index is 2.80. The number of hydrogen-bond acceptors (Lipinski definition) is 4. The van der Waals surface area contributed by atoms with Gasteiger partial charge in [0.15, 0.2) is 0 Å². The Kier molecular flexibility index (Phi) is 3.69. The van der Waals surface area contributed by atoms with Gasteiger partial charge >= 0.3 is 5.97 Å². The maximum Gasteiger partial charge on any atom is 0.307 e. The third kappa shape index (κ3) is 2.99. The van der Waals surface area contributed by atoms with E-state index in [-0.39, 0.29) is 12.2 Å². The molecule has 0 radical (unpaired) electrons. The van der Waals surface area contributed by atoms with Gasteiger partial charge in [0.05, 0.1) is 25.5 Å². The van der Waals surface area contributed by atoms with Gasteiger partial charge in [-0.25, -0.2) is 0 Å². The van der Waals surface area contributed by atoms with Crippen molar-refractivity contribution < 1.29 is 14.6 Å². The Labute approximate surface area is 87.7 Å². The van der Waals surface area contributed by atoms with Crippen LogP contribution in [-0.4, -0.2) is 18.2 Å². The lowest BCUT2D eigenvalue weighted by atomic mass is 9.97. The molecule has 0 saturated carbocycles. The first-order chi connectivity index (χ1) is 7.17. The Morgan fingerprint density at radius 3 is 2.60 bits per heavy atom. The van der Waals surface area contributed by atoms with Crippen molar-refractivity contribution in [3.63, 3.8) is 0 Å². The molecule has 78 valence electrons. The zero-order chi connectivity index (χ0) is 11.3. The summed E-state index contributed by atoms with van der Waals surface area (Å²) in [4.78, 5) is 11.0. The smallest absolute Gasteiger partial charge is 0.307 e. The minimum absolute atomic E-state index is 0.0256. The van der Waals surface area contributed by atoms with Crippen LogP contribution in [0, 0.1) is 11.3 Å². The van der Waals surface area contributed by atoms with E-state index in [1.165, 1.54) is 19.2 Å². The van der Waals surface area contributed by atoms with Gasteiger partial charge in [-0.15, -0.1) is 0 Å². The number of hydrogen-bond donors (Lipinski definition) is 1. The number of carbonyl (C=O) groups is 1. The number of carbonyl (C=O) groups excluding carboxylic acids is 1. The Morgan fingerprint density at radius 2 is 2.13 bits per heavy atom. The quantitative estimate of drug-likeness (QED) is 0.760. The fraction of sp³-hybridized carbons (Fsp3) is 0.273. The lowest BCUT2D eigenvalue weighted by molar-refractivity contribution is -0.140. The predicted octanol–water partition coefficient (Wildman–Crippen LogP) is 1.56. The van der Waals surface area contributed by atoms with Gasteiger partial charge in [0, 0.05) is 0 Å². The van der Waals surface area contributed by atoms with Crippen LogP contribution in [0.1, 0.15) is 17.9 Å². The van der Waals surface area contributed by atoms with E-state index in [4.69, 9.17) is 10.4 Å². The van der Waals surface area contributed by atoms with Crippen LogP contribution >= 0.6 is 0 Å². The van der Waals surface area contributed by atoms with Crippen LogP contribution < -0.4 is 0 Å². The molecule has 0 spiro atoms. The maximum atomic E-state index is 11.0. The van der Waals surface area contributed by atoms with Crippen molar-refractivity contribution in [1.82, 2.24) is 0 Å². The highest BCUT2D eigenvalue weighted by Gasteiger charge is 2.15. The standard InChI is InChI=1S/C11H11NO3/c1-15-11(14)6-9(7-12)8-2-4-10(13)5-3-8/h2-5,9,13H,6H2,1H3/t9-/m0/s1. The van der Waals surface area contributed by atoms with E-state index in [0.29, 0.717) is 5.56 Å². The number of esters is 1. The molecule has 0 aliphatic heterocycles. The summed E-state index contributed by atoms with van der Waals surface area (Å²) < 4.78 is 4.49. The SMILES string of the molecule is COC(=O)C[C@@H](C#N)c1ccc(O)cc1. The van der Waals surface area contributed by atoms with Gasteiger partial charge in [-0.2, -0.15) is 5.26 Å². The van der Waals surface area contributed by atoms with Crippen LogP contribution in [0.3, 0.4) is 0 Å². The summed E-state index contributed by atoms with van der Waals surface area (Å²) in [6.45, 7) is 0. The number of ether oxygens (including phenoxy) is 1. The second-order valence-electron chi connectivity index (χ2n) is 3.05. The lowest BCUT2D eigenvalue weighted by Gasteiger charge is -2.07. The Hall–Kier alpha value is -2.02. The number of aromatic hydroxyl groups is 1. The topological polar surface area (TPSA) is 70.3 Å². The van der Waals surface area contributed by atoms with E-state index in [2.05, 4.69) is 4.74 Å². The highest BCUT2D eigenvalue weighted by molar-refractivity contribution is 5.71. The lowest BCUT2D eigenvalue weighted by Crippen LogP contribution is -2.07. The molecule has 1 aromatic carbocycles. The number of nitrogens with zero attached hydrogens (tertiary/aromatic N) is 1. The second kappa shape index (κ2) is 5.01. The normalized spacial score (nSPS) is 11.5. The average molecular weight is 205 g/mol. The minimum Gasteiger partial charge on any atom is -0.508 e. The highest BCUT2D eigenvalue weighted by Crippen LogP contribution is 2.21. The molecule has 1 atom stereocenters. The van der Waals surface area contributed by atoms with Gasteiger partial charge in [0.25, 0.3) is 0 Å². The maximum absolute atomic E-state index is 11.0. The minimum atomic E-state index is -0.530. The fourth-order valence-corrected chi connectivity index (χ4v) is 1.19. The number of nitriles is 1. The van der Waals surface area contributed by atoms with Crippen molar-refractivity contribution in [1.29, 1.82) is 5.26 Å². The van der Waals surface area contributed by atoms with Gasteiger partial charge in [-0.3, -0.25) is 4.79 Å². The van der Waals surface area contributed by atoms with Crippen LogP contribution in [0.2, 0.25) is 0 Å². The molecule has 0 bridgehead atoms. The molecule has 4 heteroatoms. The van der Waals surface area contributed by atoms with Crippen LogP contribution in [0.15, 0.2) is 24.3 Å². The summed E-state index contributed by atoms with van der Waals surface area (Å²) >= 11 is 0. The zero-order valence-corrected chi connectivity index (χ0v) is 8.30. The van der Waals surface area contributed by atoms with E-state index in [0.717, 1.165) is 0 Å². The number of rotatable bonds is 3. The van der Waals surface area contributed by atoms with Crippen molar-refractivity contribution in [2.75, 3.05) is 7.11 Å². The van der Waals surface area contributed by atoms with Crippen LogP contribution in [-0.2, 0) is 9.53 Å². The first kappa shape index (κ1) is 11.1. The second-order valence-corrected chi connectivity index (χ2v) is 3.05. The van der Waals surface area contributed by atoms with Crippen molar-refractivity contribution >= 4 is 5.97 Å². The molecule has 0 unspecified atom stereocenters. The molecule has 0 fully saturated rings. The largest absolute Gasteiger partial charge is 0.508 e. The molecule has 0 saturated heterocycles. The molecule has 15 heavy (non-hydrogen) atoms. The van der Waals surface area contributed by atoms with Crippen molar-refractivity contribution in [2.45, 2.75) is 12.3 Å². The van der Waals surface area contributed by atoms with E-state index in [1.54, 1.807) is 12.1 Å². The van der Waals surface area contributed by atoms with E-state index in [1.807, 2.05) is 6.07 Å². The monoisotopic (exact) mass is 205 g/mol. The molecule has 1 rings (SSSR count). The Morgan fingerprint density at radius 1 is 1.53 bits per heavy atom. The first-order valence-electron chi connectivity index (χ1n) is 4.42. The van der Waals surface area contributed by atoms with Crippen LogP contribution in [0.25, 0.3) is 0 Å². The summed E-state index contributed by atoms with van der Waals surface area (Å²) in [6, 6.07) is 8.22. The predicted molar refractivity (Wildman–Crippen MR) is 53.1 cm³/mol. The third-order valence-electron chi connectivity index (χ3n) is 2.05. The molecule has 1 N–H and O–H groups in total. The number of benzene rings is 1. The molecule has 1 aromatic rings. The van der Waals surface area contributed by atoms with Gasteiger partial charge in [-0.1, -0.05) is 12.1 Å². The van der Waals surface area contributed by atoms with Crippen LogP contribution in [0.5, 0.6) is 5.75 Å². The molecule has 0 aliphatic rings. The Bertz CT molecular complexity index is 378. The molecular formula is C11H11NO3. The summed E-state index contributed by atoms with van der Waals surface area (Å²) in [5.41, 5.74) is 0.695. The number of methoxy groups -OCH3 is 1. The van der Waals surface area contributed by atoms with E-state index >= 15 is 0 Å². The van der Waals surface area contributed by atoms with Gasteiger partial charge in [0.2, 0.25) is 0 Å².